The molecule has 0 heterocycles. The molecule has 0 unspecified atom stereocenters. The van der Waals surface area contributed by atoms with Crippen molar-refractivity contribution in [1.82, 2.24) is 0 Å². The van der Waals surface area contributed by atoms with Gasteiger partial charge in [-0.25, -0.2) is 0 Å². The lowest BCUT2D eigenvalue weighted by Gasteiger charge is -2.21. The van der Waals surface area contributed by atoms with Crippen LogP contribution in [0.1, 0.15) is 0 Å². The molecule has 7 nitrogen and oxygen atoms in total. The van der Waals surface area contributed by atoms with Crippen LogP contribution in [-0.2, 0) is 0 Å². The van der Waals surface area contributed by atoms with E-state index in [1.165, 1.54) is 5.39 Å². The zero-order valence-electron chi connectivity index (χ0n) is 24.6. The predicted molar refractivity (Wildman–Crippen MR) is 184 cm³/mol. The standard InChI is InChI=1S/C40H26O7/c41-34-31(32-33(36(43)38(34)45)37(44)40(47)39(46)35(32)42)30-27-11-5-3-9-25(27)29(26-10-4-6-12-28(26)30)22-16-13-21(14-17-22)24-18-15-20-7-1-2-8-23(20)19-24/h1-19,41-47H. The second-order valence-corrected chi connectivity index (χ2v) is 11.5. The Balaban J connectivity index is 1.43. The van der Waals surface area contributed by atoms with Crippen LogP contribution in [0.15, 0.2) is 115 Å². The molecule has 0 bridgehead atoms. The fourth-order valence-electron chi connectivity index (χ4n) is 6.79. The number of phenolic OH excluding ortho intramolecular Hbond substituents is 7. The lowest BCUT2D eigenvalue weighted by Crippen LogP contribution is -1.93. The summed E-state index contributed by atoms with van der Waals surface area (Å²) in [4.78, 5) is 0. The van der Waals surface area contributed by atoms with E-state index < -0.39 is 45.6 Å². The summed E-state index contributed by atoms with van der Waals surface area (Å²) in [6, 6.07) is 37.8. The highest BCUT2D eigenvalue weighted by molar-refractivity contribution is 6.26. The molecule has 8 rings (SSSR count). The minimum atomic E-state index is -1.08. The van der Waals surface area contributed by atoms with Crippen LogP contribution in [0.4, 0.5) is 0 Å². The summed E-state index contributed by atoms with van der Waals surface area (Å²) < 4.78 is 0. The van der Waals surface area contributed by atoms with Crippen LogP contribution in [0.3, 0.4) is 0 Å². The zero-order chi connectivity index (χ0) is 32.6. The minimum Gasteiger partial charge on any atom is -0.504 e. The van der Waals surface area contributed by atoms with Gasteiger partial charge in [0.05, 0.1) is 5.39 Å². The molecule has 8 aromatic carbocycles. The van der Waals surface area contributed by atoms with Crippen molar-refractivity contribution in [3.8, 4) is 73.6 Å². The Bertz CT molecular complexity index is 2520. The average molecular weight is 619 g/mol. The van der Waals surface area contributed by atoms with E-state index in [0.717, 1.165) is 38.4 Å². The molecule has 0 spiro atoms. The Morgan fingerprint density at radius 1 is 0.277 bits per heavy atom. The first-order chi connectivity index (χ1) is 22.8. The Kier molecular flexibility index (Phi) is 6.07. The topological polar surface area (TPSA) is 142 Å². The third-order valence-corrected chi connectivity index (χ3v) is 9.01. The summed E-state index contributed by atoms with van der Waals surface area (Å²) >= 11 is 0. The smallest absolute Gasteiger partial charge is 0.205 e. The molecule has 0 saturated carbocycles. The van der Waals surface area contributed by atoms with Gasteiger partial charge in [-0.15, -0.1) is 0 Å². The maximum Gasteiger partial charge on any atom is 0.205 e. The molecule has 7 N–H and O–H groups in total. The van der Waals surface area contributed by atoms with Crippen molar-refractivity contribution in [2.75, 3.05) is 0 Å². The van der Waals surface area contributed by atoms with Crippen molar-refractivity contribution >= 4 is 43.1 Å². The fourth-order valence-corrected chi connectivity index (χ4v) is 6.79. The third kappa shape index (κ3) is 4.00. The summed E-state index contributed by atoms with van der Waals surface area (Å²) in [6.45, 7) is 0. The molecule has 7 heteroatoms. The summed E-state index contributed by atoms with van der Waals surface area (Å²) in [5.74, 6) is -6.71. The van der Waals surface area contributed by atoms with Crippen molar-refractivity contribution in [2.24, 2.45) is 0 Å². The summed E-state index contributed by atoms with van der Waals surface area (Å²) in [6.07, 6.45) is 0. The molecule has 8 aromatic rings. The highest BCUT2D eigenvalue weighted by Gasteiger charge is 2.31. The SMILES string of the molecule is Oc1c(O)c(O)c2c(-c3c4ccccc4c(-c4ccc(-c5ccc6ccccc6c5)cc4)c4ccccc34)c(O)c(O)c(O)c2c1O. The lowest BCUT2D eigenvalue weighted by atomic mass is 9.83. The highest BCUT2D eigenvalue weighted by Crippen LogP contribution is 2.61. The van der Waals surface area contributed by atoms with Gasteiger partial charge in [-0.3, -0.25) is 0 Å². The quantitative estimate of drug-likeness (QED) is 0.0594. The van der Waals surface area contributed by atoms with Gasteiger partial charge in [0.2, 0.25) is 17.2 Å². The van der Waals surface area contributed by atoms with Gasteiger partial charge in [0.15, 0.2) is 23.0 Å². The van der Waals surface area contributed by atoms with Gasteiger partial charge < -0.3 is 35.7 Å². The molecule has 47 heavy (non-hydrogen) atoms. The molecule has 0 saturated heterocycles. The Hall–Kier alpha value is -6.60. The van der Waals surface area contributed by atoms with E-state index in [4.69, 9.17) is 0 Å². The average Bonchev–Trinajstić information content (AvgIpc) is 3.11. The molecular weight excluding hydrogens is 592 g/mol. The molecule has 0 radical (unpaired) electrons. The molecule has 228 valence electrons. The first-order valence-electron chi connectivity index (χ1n) is 14.9. The number of benzene rings is 8. The van der Waals surface area contributed by atoms with E-state index in [-0.39, 0.29) is 10.9 Å². The zero-order valence-corrected chi connectivity index (χ0v) is 24.6. The minimum absolute atomic E-state index is 0.149. The molecule has 0 aliphatic heterocycles. The van der Waals surface area contributed by atoms with Crippen molar-refractivity contribution in [3.63, 3.8) is 0 Å². The van der Waals surface area contributed by atoms with Crippen molar-refractivity contribution in [2.45, 2.75) is 0 Å². The van der Waals surface area contributed by atoms with Gasteiger partial charge in [-0.1, -0.05) is 109 Å². The van der Waals surface area contributed by atoms with Gasteiger partial charge in [-0.05, 0) is 60.6 Å². The molecule has 0 amide bonds. The van der Waals surface area contributed by atoms with Gasteiger partial charge >= 0.3 is 0 Å². The van der Waals surface area contributed by atoms with E-state index in [0.29, 0.717) is 16.3 Å². The first-order valence-corrected chi connectivity index (χ1v) is 14.9. The van der Waals surface area contributed by atoms with Gasteiger partial charge in [0.25, 0.3) is 0 Å². The van der Waals surface area contributed by atoms with Crippen LogP contribution in [0.25, 0.3) is 76.5 Å². The van der Waals surface area contributed by atoms with Gasteiger partial charge in [0.1, 0.15) is 0 Å². The van der Waals surface area contributed by atoms with E-state index in [2.05, 4.69) is 54.6 Å². The normalized spacial score (nSPS) is 11.6. The molecule has 0 aliphatic carbocycles. The van der Waals surface area contributed by atoms with Crippen LogP contribution in [-0.4, -0.2) is 35.7 Å². The maximum absolute atomic E-state index is 11.4. The van der Waals surface area contributed by atoms with Crippen molar-refractivity contribution < 1.29 is 35.7 Å². The largest absolute Gasteiger partial charge is 0.504 e. The van der Waals surface area contributed by atoms with Gasteiger partial charge in [-0.2, -0.15) is 0 Å². The Morgan fingerprint density at radius 3 is 1.28 bits per heavy atom. The van der Waals surface area contributed by atoms with E-state index in [1.807, 2.05) is 60.7 Å². The van der Waals surface area contributed by atoms with Crippen LogP contribution in [0, 0.1) is 0 Å². The molecule has 0 aliphatic rings. The monoisotopic (exact) mass is 618 g/mol. The number of rotatable bonds is 3. The number of hydrogen-bond donors (Lipinski definition) is 7. The molecular formula is C40H26O7. The number of hydrogen-bond acceptors (Lipinski definition) is 7. The summed E-state index contributed by atoms with van der Waals surface area (Å²) in [5.41, 5.74) is 4.20. The second kappa shape index (κ2) is 10.2. The van der Waals surface area contributed by atoms with Crippen LogP contribution < -0.4 is 0 Å². The van der Waals surface area contributed by atoms with Gasteiger partial charge in [0, 0.05) is 16.5 Å². The van der Waals surface area contributed by atoms with Crippen LogP contribution in [0.2, 0.25) is 0 Å². The maximum atomic E-state index is 11.4. The Labute approximate surface area is 267 Å². The van der Waals surface area contributed by atoms with E-state index in [9.17, 15) is 35.7 Å². The first kappa shape index (κ1) is 27.9. The highest BCUT2D eigenvalue weighted by atomic mass is 16.3. The summed E-state index contributed by atoms with van der Waals surface area (Å²) in [5, 5.41) is 79.7. The molecule has 0 aromatic heterocycles. The van der Waals surface area contributed by atoms with E-state index >= 15 is 0 Å². The predicted octanol–water partition coefficient (Wildman–Crippen LogP) is 9.24. The molecule has 0 fully saturated rings. The third-order valence-electron chi connectivity index (χ3n) is 9.01. The number of fused-ring (bicyclic) bond motifs is 4. The summed E-state index contributed by atoms with van der Waals surface area (Å²) in [7, 11) is 0. The van der Waals surface area contributed by atoms with Crippen molar-refractivity contribution in [3.05, 3.63) is 115 Å². The van der Waals surface area contributed by atoms with Crippen molar-refractivity contribution in [1.29, 1.82) is 0 Å². The van der Waals surface area contributed by atoms with Crippen LogP contribution in [0.5, 0.6) is 40.2 Å². The fraction of sp³-hybridized carbons (Fsp3) is 0. The van der Waals surface area contributed by atoms with E-state index in [1.54, 1.807) is 0 Å². The Morgan fingerprint density at radius 2 is 0.702 bits per heavy atom. The lowest BCUT2D eigenvalue weighted by molar-refractivity contribution is 0.347. The number of aromatic hydroxyl groups is 7. The molecule has 0 atom stereocenters. The number of phenols is 7. The second-order valence-electron chi connectivity index (χ2n) is 11.5. The van der Waals surface area contributed by atoms with Crippen LogP contribution >= 0.6 is 0 Å².